The van der Waals surface area contributed by atoms with E-state index in [4.69, 9.17) is 9.47 Å². The molecule has 0 aliphatic heterocycles. The van der Waals surface area contributed by atoms with Gasteiger partial charge in [0.25, 0.3) is 0 Å². The third-order valence-corrected chi connectivity index (χ3v) is 1.28. The molecule has 0 atom stereocenters. The van der Waals surface area contributed by atoms with E-state index < -0.39 is 5.79 Å². The molecule has 0 spiro atoms. The first-order chi connectivity index (χ1) is 4.18. The van der Waals surface area contributed by atoms with Gasteiger partial charge in [-0.15, -0.1) is 0 Å². The average Bonchev–Trinajstić information content (AvgIpc) is 1.89. The average molecular weight is 130 g/mol. The van der Waals surface area contributed by atoms with Crippen LogP contribution in [0.4, 0.5) is 0 Å². The van der Waals surface area contributed by atoms with E-state index in [0.29, 0.717) is 0 Å². The van der Waals surface area contributed by atoms with E-state index in [0.717, 1.165) is 0 Å². The summed E-state index contributed by atoms with van der Waals surface area (Å²) in [4.78, 5) is 0. The van der Waals surface area contributed by atoms with Gasteiger partial charge in [0.05, 0.1) is 0 Å². The first kappa shape index (κ1) is 8.66. The molecule has 0 aromatic carbocycles. The SMILES string of the molecule is CC=CC(C)(OC)OC. The molecule has 0 N–H and O–H groups in total. The molecule has 9 heavy (non-hydrogen) atoms. The van der Waals surface area contributed by atoms with Crippen LogP contribution in [0.15, 0.2) is 12.2 Å². The van der Waals surface area contributed by atoms with Crippen LogP contribution < -0.4 is 0 Å². The predicted molar refractivity (Wildman–Crippen MR) is 37.2 cm³/mol. The molecule has 2 nitrogen and oxygen atoms in total. The van der Waals surface area contributed by atoms with Gasteiger partial charge in [-0.1, -0.05) is 6.08 Å². The summed E-state index contributed by atoms with van der Waals surface area (Å²) in [5, 5.41) is 0. The van der Waals surface area contributed by atoms with Crippen LogP contribution in [-0.4, -0.2) is 20.0 Å². The van der Waals surface area contributed by atoms with Crippen LogP contribution in [0.5, 0.6) is 0 Å². The van der Waals surface area contributed by atoms with Gasteiger partial charge in [-0.25, -0.2) is 0 Å². The highest BCUT2D eigenvalue weighted by molar-refractivity contribution is 4.90. The Morgan fingerprint density at radius 1 is 1.22 bits per heavy atom. The molecule has 0 bridgehead atoms. The molecule has 2 heteroatoms. The lowest BCUT2D eigenvalue weighted by molar-refractivity contribution is -0.155. The van der Waals surface area contributed by atoms with Gasteiger partial charge in [-0.2, -0.15) is 0 Å². The van der Waals surface area contributed by atoms with Gasteiger partial charge in [0.15, 0.2) is 5.79 Å². The van der Waals surface area contributed by atoms with Crippen molar-refractivity contribution >= 4 is 0 Å². The zero-order valence-electron chi connectivity index (χ0n) is 6.47. The van der Waals surface area contributed by atoms with Crippen LogP contribution in [0, 0.1) is 0 Å². The fraction of sp³-hybridized carbons (Fsp3) is 0.714. The highest BCUT2D eigenvalue weighted by Gasteiger charge is 2.16. The summed E-state index contributed by atoms with van der Waals surface area (Å²) in [6, 6.07) is 0. The Kier molecular flexibility index (Phi) is 3.50. The summed E-state index contributed by atoms with van der Waals surface area (Å²) >= 11 is 0. The highest BCUT2D eigenvalue weighted by atomic mass is 16.7. The van der Waals surface area contributed by atoms with Crippen molar-refractivity contribution in [3.63, 3.8) is 0 Å². The smallest absolute Gasteiger partial charge is 0.184 e. The van der Waals surface area contributed by atoms with E-state index in [1.54, 1.807) is 14.2 Å². The highest BCUT2D eigenvalue weighted by Crippen LogP contribution is 2.10. The molecule has 0 amide bonds. The number of allylic oxidation sites excluding steroid dienone is 1. The summed E-state index contributed by atoms with van der Waals surface area (Å²) in [7, 11) is 3.23. The van der Waals surface area contributed by atoms with Gasteiger partial charge < -0.3 is 9.47 Å². The van der Waals surface area contributed by atoms with E-state index >= 15 is 0 Å². The minimum atomic E-state index is -0.547. The molecule has 0 aliphatic rings. The Morgan fingerprint density at radius 3 is 1.78 bits per heavy atom. The monoisotopic (exact) mass is 130 g/mol. The zero-order chi connectivity index (χ0) is 7.33. The topological polar surface area (TPSA) is 18.5 Å². The standard InChI is InChI=1S/C7H14O2/c1-5-6-7(2,8-3)9-4/h5-6H,1-4H3. The molecule has 0 heterocycles. The summed E-state index contributed by atoms with van der Waals surface area (Å²) in [5.41, 5.74) is 0. The van der Waals surface area contributed by atoms with Crippen LogP contribution in [0.1, 0.15) is 13.8 Å². The van der Waals surface area contributed by atoms with Crippen molar-refractivity contribution in [2.24, 2.45) is 0 Å². The van der Waals surface area contributed by atoms with Crippen LogP contribution in [0.3, 0.4) is 0 Å². The van der Waals surface area contributed by atoms with Crippen LogP contribution in [-0.2, 0) is 9.47 Å². The van der Waals surface area contributed by atoms with Crippen molar-refractivity contribution in [2.45, 2.75) is 19.6 Å². The molecule has 0 saturated heterocycles. The van der Waals surface area contributed by atoms with Gasteiger partial charge in [0.1, 0.15) is 0 Å². The molecule has 0 radical (unpaired) electrons. The van der Waals surface area contributed by atoms with Gasteiger partial charge in [0.2, 0.25) is 0 Å². The maximum atomic E-state index is 5.02. The molecule has 0 aromatic rings. The Hall–Kier alpha value is -0.340. The quantitative estimate of drug-likeness (QED) is 0.426. The molecule has 0 saturated carbocycles. The summed E-state index contributed by atoms with van der Waals surface area (Å²) in [6.07, 6.45) is 3.75. The maximum Gasteiger partial charge on any atom is 0.184 e. The van der Waals surface area contributed by atoms with Crippen molar-refractivity contribution in [3.8, 4) is 0 Å². The van der Waals surface area contributed by atoms with E-state index in [1.807, 2.05) is 26.0 Å². The molecule has 0 rings (SSSR count). The Bertz CT molecular complexity index is 93.1. The van der Waals surface area contributed by atoms with E-state index in [-0.39, 0.29) is 0 Å². The van der Waals surface area contributed by atoms with Crippen molar-refractivity contribution in [1.82, 2.24) is 0 Å². The Labute approximate surface area is 56.5 Å². The molecule has 54 valence electrons. The van der Waals surface area contributed by atoms with E-state index in [9.17, 15) is 0 Å². The maximum absolute atomic E-state index is 5.02. The zero-order valence-corrected chi connectivity index (χ0v) is 6.47. The number of hydrogen-bond acceptors (Lipinski definition) is 2. The molecule has 0 fully saturated rings. The third-order valence-electron chi connectivity index (χ3n) is 1.28. The number of ether oxygens (including phenoxy) is 2. The third kappa shape index (κ3) is 2.63. The molecule has 0 aliphatic carbocycles. The summed E-state index contributed by atoms with van der Waals surface area (Å²) in [5.74, 6) is -0.547. The van der Waals surface area contributed by atoms with Crippen molar-refractivity contribution in [2.75, 3.05) is 14.2 Å². The fourth-order valence-electron chi connectivity index (χ4n) is 0.522. The lowest BCUT2D eigenvalue weighted by atomic mass is 10.3. The number of rotatable bonds is 3. The van der Waals surface area contributed by atoms with Crippen LogP contribution in [0.25, 0.3) is 0 Å². The van der Waals surface area contributed by atoms with E-state index in [1.165, 1.54) is 0 Å². The number of hydrogen-bond donors (Lipinski definition) is 0. The summed E-state index contributed by atoms with van der Waals surface area (Å²) < 4.78 is 10.0. The van der Waals surface area contributed by atoms with E-state index in [2.05, 4.69) is 0 Å². The second-order valence-electron chi connectivity index (χ2n) is 1.92. The van der Waals surface area contributed by atoms with Gasteiger partial charge >= 0.3 is 0 Å². The van der Waals surface area contributed by atoms with Crippen LogP contribution in [0.2, 0.25) is 0 Å². The minimum absolute atomic E-state index is 0.547. The first-order valence-electron chi connectivity index (χ1n) is 2.92. The molecular formula is C7H14O2. The van der Waals surface area contributed by atoms with Crippen molar-refractivity contribution in [3.05, 3.63) is 12.2 Å². The largest absolute Gasteiger partial charge is 0.350 e. The molecule has 0 unspecified atom stereocenters. The minimum Gasteiger partial charge on any atom is -0.350 e. The lowest BCUT2D eigenvalue weighted by Crippen LogP contribution is -2.26. The lowest BCUT2D eigenvalue weighted by Gasteiger charge is -2.21. The fourth-order valence-corrected chi connectivity index (χ4v) is 0.522. The molecule has 0 aromatic heterocycles. The van der Waals surface area contributed by atoms with Gasteiger partial charge in [0, 0.05) is 14.2 Å². The normalized spacial score (nSPS) is 12.9. The summed E-state index contributed by atoms with van der Waals surface area (Å²) in [6.45, 7) is 3.78. The first-order valence-corrected chi connectivity index (χ1v) is 2.92. The van der Waals surface area contributed by atoms with Crippen LogP contribution >= 0.6 is 0 Å². The van der Waals surface area contributed by atoms with Crippen molar-refractivity contribution in [1.29, 1.82) is 0 Å². The second kappa shape index (κ2) is 3.64. The Balaban J connectivity index is 3.92. The molecular weight excluding hydrogens is 116 g/mol. The number of methoxy groups -OCH3 is 2. The second-order valence-corrected chi connectivity index (χ2v) is 1.92. The van der Waals surface area contributed by atoms with Crippen molar-refractivity contribution < 1.29 is 9.47 Å². The van der Waals surface area contributed by atoms with Gasteiger partial charge in [-0.05, 0) is 19.9 Å². The Morgan fingerprint density at radius 2 is 1.67 bits per heavy atom. The van der Waals surface area contributed by atoms with Gasteiger partial charge in [-0.3, -0.25) is 0 Å². The predicted octanol–water partition coefficient (Wildman–Crippen LogP) is 1.57.